The Balaban J connectivity index is 3.07. The average Bonchev–Trinajstić information content (AvgIpc) is 2.56. The average molecular weight is 403 g/mol. The molecule has 2 N–H and O–H groups in total. The van der Waals surface area contributed by atoms with Gasteiger partial charge in [-0.3, -0.25) is 19.2 Å². The van der Waals surface area contributed by atoms with E-state index in [0.29, 0.717) is 0 Å². The summed E-state index contributed by atoms with van der Waals surface area (Å²) in [7, 11) is 0. The first-order valence-electron chi connectivity index (χ1n) is 8.61. The Morgan fingerprint density at radius 2 is 1.46 bits per heavy atom. The Hall–Kier alpha value is -2.53. The number of aliphatic hydroxyl groups excluding tert-OH is 1. The third kappa shape index (κ3) is 7.61. The summed E-state index contributed by atoms with van der Waals surface area (Å²) in [6.45, 7) is 4.31. The van der Waals surface area contributed by atoms with Gasteiger partial charge in [0.25, 0.3) is 0 Å². The molecule has 1 amide bonds. The first kappa shape index (κ1) is 23.5. The van der Waals surface area contributed by atoms with Crippen molar-refractivity contribution < 1.29 is 48.0 Å². The van der Waals surface area contributed by atoms with Crippen molar-refractivity contribution in [1.82, 2.24) is 5.32 Å². The summed E-state index contributed by atoms with van der Waals surface area (Å²) in [5.41, 5.74) is 0. The van der Waals surface area contributed by atoms with E-state index in [0.717, 1.165) is 20.8 Å². The second-order valence-electron chi connectivity index (χ2n) is 6.31. The van der Waals surface area contributed by atoms with E-state index in [-0.39, 0.29) is 25.2 Å². The molecule has 1 aliphatic rings. The molecular formula is C17H25NO10. The Morgan fingerprint density at radius 3 is 1.96 bits per heavy atom. The fourth-order valence-electron chi connectivity index (χ4n) is 2.62. The molecular weight excluding hydrogens is 378 g/mol. The van der Waals surface area contributed by atoms with Crippen molar-refractivity contribution in [2.75, 3.05) is 6.61 Å². The highest BCUT2D eigenvalue weighted by Crippen LogP contribution is 2.26. The van der Waals surface area contributed by atoms with Gasteiger partial charge >= 0.3 is 17.9 Å². The van der Waals surface area contributed by atoms with Crippen molar-refractivity contribution in [1.29, 1.82) is 0 Å². The molecule has 11 nitrogen and oxygen atoms in total. The van der Waals surface area contributed by atoms with E-state index in [1.165, 1.54) is 6.92 Å². The summed E-state index contributed by atoms with van der Waals surface area (Å²) in [6.07, 6.45) is -5.54. The lowest BCUT2D eigenvalue weighted by Gasteiger charge is -2.43. The van der Waals surface area contributed by atoms with Crippen molar-refractivity contribution in [3.05, 3.63) is 0 Å². The molecule has 0 bridgehead atoms. The van der Waals surface area contributed by atoms with Crippen LogP contribution in [-0.2, 0) is 42.9 Å². The predicted octanol–water partition coefficient (Wildman–Crippen LogP) is -1.02. The topological polar surface area (TPSA) is 155 Å². The molecule has 28 heavy (non-hydrogen) atoms. The van der Waals surface area contributed by atoms with Crippen LogP contribution in [0.1, 0.15) is 40.5 Å². The van der Waals surface area contributed by atoms with Crippen LogP contribution < -0.4 is 5.32 Å². The van der Waals surface area contributed by atoms with Gasteiger partial charge in [0.2, 0.25) is 5.91 Å². The monoisotopic (exact) mass is 403 g/mol. The molecule has 1 fully saturated rings. The van der Waals surface area contributed by atoms with Crippen molar-refractivity contribution in [2.45, 2.75) is 71.2 Å². The largest absolute Gasteiger partial charge is 0.463 e. The van der Waals surface area contributed by atoms with Crippen molar-refractivity contribution in [2.24, 2.45) is 0 Å². The molecule has 1 rings (SSSR count). The highest BCUT2D eigenvalue weighted by Gasteiger charge is 2.50. The third-order valence-electron chi connectivity index (χ3n) is 3.75. The molecule has 0 saturated carbocycles. The lowest BCUT2D eigenvalue weighted by Crippen LogP contribution is -2.66. The van der Waals surface area contributed by atoms with Gasteiger partial charge in [-0.25, -0.2) is 0 Å². The van der Waals surface area contributed by atoms with Crippen LogP contribution in [0.4, 0.5) is 0 Å². The first-order valence-corrected chi connectivity index (χ1v) is 8.61. The number of aliphatic hydroxyl groups is 1. The number of carbonyl (C=O) groups is 5. The number of ketones is 1. The van der Waals surface area contributed by atoms with E-state index in [1.807, 2.05) is 0 Å². The fraction of sp³-hybridized carbons (Fsp3) is 0.706. The number of amides is 1. The van der Waals surface area contributed by atoms with E-state index in [2.05, 4.69) is 5.32 Å². The highest BCUT2D eigenvalue weighted by molar-refractivity contribution is 5.83. The Labute approximate surface area is 161 Å². The summed E-state index contributed by atoms with van der Waals surface area (Å²) in [4.78, 5) is 57.2. The molecule has 1 saturated heterocycles. The molecule has 0 aromatic carbocycles. The van der Waals surface area contributed by atoms with Gasteiger partial charge in [-0.1, -0.05) is 0 Å². The molecule has 0 aliphatic carbocycles. The number of hydrogen-bond acceptors (Lipinski definition) is 10. The van der Waals surface area contributed by atoms with Crippen LogP contribution in [-0.4, -0.2) is 72.0 Å². The van der Waals surface area contributed by atoms with Gasteiger partial charge in [0.05, 0.1) is 0 Å². The molecule has 0 aromatic rings. The molecule has 0 spiro atoms. The molecule has 1 heterocycles. The van der Waals surface area contributed by atoms with Crippen LogP contribution in [0.15, 0.2) is 0 Å². The normalized spacial score (nSPS) is 26.7. The standard InChI is InChI=1S/C17H25NO10/c1-8(19)5-6-13(23)18-14-16(27-11(4)22)15(26-10(3)21)12(28-17(14)24)7-25-9(2)20/h12,14-17,24H,5-7H2,1-4H3,(H,18,23)/t12-,14-,15-,16-,17?/m1/s1. The Morgan fingerprint density at radius 1 is 0.893 bits per heavy atom. The van der Waals surface area contributed by atoms with Crippen LogP contribution in [0.25, 0.3) is 0 Å². The van der Waals surface area contributed by atoms with Gasteiger partial charge in [0.15, 0.2) is 18.5 Å². The quantitative estimate of drug-likeness (QED) is 0.380. The molecule has 0 aromatic heterocycles. The highest BCUT2D eigenvalue weighted by atomic mass is 16.7. The zero-order valence-electron chi connectivity index (χ0n) is 16.1. The SMILES string of the molecule is CC(=O)CCC(=O)N[C@H]1C(O)O[C@H](COC(C)=O)[C@@H](OC(C)=O)[C@@H]1OC(C)=O. The van der Waals surface area contributed by atoms with Gasteiger partial charge in [-0.2, -0.15) is 0 Å². The third-order valence-corrected chi connectivity index (χ3v) is 3.75. The number of nitrogens with one attached hydrogen (secondary N) is 1. The van der Waals surface area contributed by atoms with Gasteiger partial charge in [-0.15, -0.1) is 0 Å². The maximum Gasteiger partial charge on any atom is 0.303 e. The maximum absolute atomic E-state index is 12.1. The second-order valence-corrected chi connectivity index (χ2v) is 6.31. The molecule has 1 unspecified atom stereocenters. The minimum atomic E-state index is -1.65. The van der Waals surface area contributed by atoms with Crippen LogP contribution in [0.3, 0.4) is 0 Å². The predicted molar refractivity (Wildman–Crippen MR) is 90.5 cm³/mol. The van der Waals surface area contributed by atoms with E-state index < -0.39 is 54.5 Å². The summed E-state index contributed by atoms with van der Waals surface area (Å²) >= 11 is 0. The first-order chi connectivity index (χ1) is 13.0. The van der Waals surface area contributed by atoms with E-state index in [1.54, 1.807) is 0 Å². The number of rotatable bonds is 8. The smallest absolute Gasteiger partial charge is 0.303 e. The van der Waals surface area contributed by atoms with Gasteiger partial charge in [-0.05, 0) is 6.92 Å². The number of hydrogen-bond donors (Lipinski definition) is 2. The molecule has 0 radical (unpaired) electrons. The van der Waals surface area contributed by atoms with E-state index >= 15 is 0 Å². The molecule has 1 aliphatic heterocycles. The minimum absolute atomic E-state index is 0.0177. The van der Waals surface area contributed by atoms with E-state index in [9.17, 15) is 29.1 Å². The molecule has 11 heteroatoms. The van der Waals surface area contributed by atoms with Crippen LogP contribution >= 0.6 is 0 Å². The second kappa shape index (κ2) is 10.7. The van der Waals surface area contributed by atoms with E-state index in [4.69, 9.17) is 18.9 Å². The Kier molecular flexibility index (Phi) is 9.00. The molecule has 158 valence electrons. The lowest BCUT2D eigenvalue weighted by atomic mass is 9.96. The van der Waals surface area contributed by atoms with Crippen molar-refractivity contribution >= 4 is 29.6 Å². The summed E-state index contributed by atoms with van der Waals surface area (Å²) in [5, 5.41) is 12.7. The summed E-state index contributed by atoms with van der Waals surface area (Å²) < 4.78 is 20.5. The number of Topliss-reactive ketones (excluding diaryl/α,β-unsaturated/α-hetero) is 1. The van der Waals surface area contributed by atoms with Gasteiger partial charge in [0.1, 0.15) is 24.5 Å². The lowest BCUT2D eigenvalue weighted by molar-refractivity contribution is -0.264. The summed E-state index contributed by atoms with van der Waals surface area (Å²) in [6, 6.07) is -1.28. The van der Waals surface area contributed by atoms with Crippen molar-refractivity contribution in [3.8, 4) is 0 Å². The number of ether oxygens (including phenoxy) is 4. The zero-order valence-corrected chi connectivity index (χ0v) is 16.1. The summed E-state index contributed by atoms with van der Waals surface area (Å²) in [5.74, 6) is -2.93. The number of esters is 3. The van der Waals surface area contributed by atoms with Gasteiger partial charge < -0.3 is 34.2 Å². The maximum atomic E-state index is 12.1. The minimum Gasteiger partial charge on any atom is -0.463 e. The Bertz CT molecular complexity index is 619. The fourth-order valence-corrected chi connectivity index (χ4v) is 2.62. The molecule has 5 atom stereocenters. The zero-order chi connectivity index (χ0) is 21.4. The van der Waals surface area contributed by atoms with Crippen LogP contribution in [0, 0.1) is 0 Å². The van der Waals surface area contributed by atoms with Crippen LogP contribution in [0.2, 0.25) is 0 Å². The van der Waals surface area contributed by atoms with Crippen molar-refractivity contribution in [3.63, 3.8) is 0 Å². The number of carbonyl (C=O) groups excluding carboxylic acids is 5. The van der Waals surface area contributed by atoms with Gasteiger partial charge in [0, 0.05) is 33.6 Å². The van der Waals surface area contributed by atoms with Crippen LogP contribution in [0.5, 0.6) is 0 Å².